The average molecular weight is 681 g/mol. The Labute approximate surface area is 266 Å². The van der Waals surface area contributed by atoms with Crippen LogP contribution < -0.4 is 18.5 Å². The van der Waals surface area contributed by atoms with E-state index in [9.17, 15) is 22.7 Å². The number of halogens is 3. The fourth-order valence-electron chi connectivity index (χ4n) is 5.10. The van der Waals surface area contributed by atoms with Crippen molar-refractivity contribution in [3.8, 4) is 17.2 Å². The number of carboxylic acid groups (broad SMARTS) is 1. The van der Waals surface area contributed by atoms with Crippen molar-refractivity contribution in [1.29, 1.82) is 0 Å². The largest absolute Gasteiger partial charge is 0.497 e. The Morgan fingerprint density at radius 3 is 2.49 bits per heavy atom. The molecule has 1 saturated heterocycles. The van der Waals surface area contributed by atoms with E-state index in [0.717, 1.165) is 33.8 Å². The number of hydrogen-bond donors (Lipinski definition) is 1. The van der Waals surface area contributed by atoms with E-state index in [0.29, 0.717) is 28.2 Å². The number of nitrogens with zero attached hydrogens (tertiary/aromatic N) is 4. The van der Waals surface area contributed by atoms with Gasteiger partial charge in [-0.05, 0) is 35.9 Å². The van der Waals surface area contributed by atoms with Crippen molar-refractivity contribution in [2.75, 3.05) is 38.2 Å². The molecule has 238 valence electrons. The molecule has 1 fully saturated rings. The third-order valence-corrected chi connectivity index (χ3v) is 10.2. The molecule has 0 aliphatic carbocycles. The Morgan fingerprint density at radius 2 is 1.84 bits per heavy atom. The summed E-state index contributed by atoms with van der Waals surface area (Å²) in [7, 11) is -1.93. The van der Waals surface area contributed by atoms with Crippen LogP contribution in [0.15, 0.2) is 65.8 Å². The smallest absolute Gasteiger partial charge is 0.407 e. The van der Waals surface area contributed by atoms with Gasteiger partial charge in [0.25, 0.3) is 10.0 Å². The van der Waals surface area contributed by atoms with Crippen LogP contribution in [-0.2, 0) is 16.6 Å². The van der Waals surface area contributed by atoms with Crippen molar-refractivity contribution in [3.63, 3.8) is 0 Å². The van der Waals surface area contributed by atoms with Crippen LogP contribution in [0.5, 0.6) is 17.2 Å². The minimum Gasteiger partial charge on any atom is -0.497 e. The number of methoxy groups -OCH3 is 2. The first-order valence-electron chi connectivity index (χ1n) is 13.4. The van der Waals surface area contributed by atoms with Crippen LogP contribution in [0.4, 0.5) is 18.7 Å². The molecular formula is C29H27ClF2N4O7S2. The maximum Gasteiger partial charge on any atom is 0.407 e. The minimum atomic E-state index is -4.79. The Morgan fingerprint density at radius 1 is 1.09 bits per heavy atom. The Kier molecular flexibility index (Phi) is 9.60. The molecule has 1 N–H and O–H groups in total. The molecule has 1 aliphatic rings. The fourth-order valence-corrected chi connectivity index (χ4v) is 7.45. The van der Waals surface area contributed by atoms with Gasteiger partial charge < -0.3 is 24.2 Å². The summed E-state index contributed by atoms with van der Waals surface area (Å²) >= 11 is 6.76. The highest BCUT2D eigenvalue weighted by molar-refractivity contribution is 7.93. The summed E-state index contributed by atoms with van der Waals surface area (Å²) in [4.78, 5) is 16.0. The number of rotatable bonds is 11. The fraction of sp³-hybridized carbons (Fsp3) is 0.276. The van der Waals surface area contributed by atoms with E-state index in [1.807, 2.05) is 0 Å². The first-order chi connectivity index (χ1) is 21.5. The van der Waals surface area contributed by atoms with Gasteiger partial charge in [-0.1, -0.05) is 23.7 Å². The van der Waals surface area contributed by atoms with Gasteiger partial charge in [0.1, 0.15) is 28.5 Å². The first-order valence-corrected chi connectivity index (χ1v) is 16.0. The second-order valence-electron chi connectivity index (χ2n) is 10.0. The van der Waals surface area contributed by atoms with E-state index in [4.69, 9.17) is 25.8 Å². The number of anilines is 1. The number of sulfonamides is 1. The van der Waals surface area contributed by atoms with Crippen molar-refractivity contribution >= 4 is 44.4 Å². The SMILES string of the molecule is COc1ccc(CN(c2ncns2)S(=O)(=O)c2cc(F)cc(OC[C@@H]3CN(C(=O)O)CC3c3ccc(Cl)cc3)c2F)c(OC)c1. The van der Waals surface area contributed by atoms with Gasteiger partial charge in [-0.3, -0.25) is 0 Å². The standard InChI is InChI=1S/C29H27ClF2N4O7S2/c1-41-22-8-5-18(24(11-22)42-2)13-36(28-33-16-34-44-28)45(39,40)26-10-21(31)9-25(27(26)32)43-15-19-12-35(29(37)38)14-23(19)17-3-6-20(30)7-4-17/h3-11,16,19,23H,12-15H2,1-2H3,(H,37,38)/t19-,23?/m0/s1. The molecule has 1 amide bonds. The van der Waals surface area contributed by atoms with E-state index >= 15 is 4.39 Å². The lowest BCUT2D eigenvalue weighted by atomic mass is 9.89. The van der Waals surface area contributed by atoms with Gasteiger partial charge >= 0.3 is 6.09 Å². The molecule has 1 unspecified atom stereocenters. The topological polar surface area (TPSA) is 131 Å². The van der Waals surface area contributed by atoms with Crippen LogP contribution in [0, 0.1) is 17.6 Å². The zero-order valence-electron chi connectivity index (χ0n) is 23.9. The van der Waals surface area contributed by atoms with Gasteiger partial charge in [0.05, 0.1) is 27.4 Å². The summed E-state index contributed by atoms with van der Waals surface area (Å²) < 4.78 is 79.9. The number of likely N-dealkylation sites (tertiary alicyclic amines) is 1. The predicted molar refractivity (Wildman–Crippen MR) is 162 cm³/mol. The number of amides is 1. The third-order valence-electron chi connectivity index (χ3n) is 7.37. The van der Waals surface area contributed by atoms with Gasteiger partial charge in [-0.15, -0.1) is 0 Å². The highest BCUT2D eigenvalue weighted by atomic mass is 35.5. The molecular weight excluding hydrogens is 654 g/mol. The molecule has 1 aliphatic heterocycles. The molecule has 4 aromatic rings. The number of ether oxygens (including phenoxy) is 3. The monoisotopic (exact) mass is 680 g/mol. The lowest BCUT2D eigenvalue weighted by molar-refractivity contribution is 0.151. The van der Waals surface area contributed by atoms with Crippen LogP contribution in [-0.4, -0.2) is 67.8 Å². The van der Waals surface area contributed by atoms with Gasteiger partial charge in [0.2, 0.25) is 5.13 Å². The summed E-state index contributed by atoms with van der Waals surface area (Å²) in [6, 6.07) is 12.9. The van der Waals surface area contributed by atoms with Gasteiger partial charge in [-0.25, -0.2) is 31.3 Å². The van der Waals surface area contributed by atoms with Crippen LogP contribution in [0.2, 0.25) is 5.02 Å². The molecule has 1 aromatic heterocycles. The van der Waals surface area contributed by atoms with Crippen molar-refractivity contribution in [3.05, 3.63) is 88.7 Å². The highest BCUT2D eigenvalue weighted by Gasteiger charge is 2.38. The Hall–Kier alpha value is -4.21. The maximum atomic E-state index is 16.0. The summed E-state index contributed by atoms with van der Waals surface area (Å²) in [5.41, 5.74) is 1.18. The Bertz CT molecular complexity index is 1780. The predicted octanol–water partition coefficient (Wildman–Crippen LogP) is 5.65. The van der Waals surface area contributed by atoms with Crippen molar-refractivity contribution < 1.29 is 41.3 Å². The molecule has 0 saturated carbocycles. The molecule has 0 spiro atoms. The molecule has 11 nitrogen and oxygen atoms in total. The summed E-state index contributed by atoms with van der Waals surface area (Å²) in [5, 5.41) is 10.00. The lowest BCUT2D eigenvalue weighted by Gasteiger charge is -2.24. The normalized spacial score (nSPS) is 16.4. The molecule has 3 aromatic carbocycles. The van der Waals surface area contributed by atoms with Crippen LogP contribution in [0.1, 0.15) is 17.0 Å². The van der Waals surface area contributed by atoms with Crippen molar-refractivity contribution in [1.82, 2.24) is 14.3 Å². The third kappa shape index (κ3) is 6.89. The first kappa shape index (κ1) is 32.2. The summed E-state index contributed by atoms with van der Waals surface area (Å²) in [5.74, 6) is -3.04. The second-order valence-corrected chi connectivity index (χ2v) is 13.1. The number of hydrogen-bond acceptors (Lipinski definition) is 9. The van der Waals surface area contributed by atoms with Crippen LogP contribution in [0.25, 0.3) is 0 Å². The van der Waals surface area contributed by atoms with E-state index in [1.54, 1.807) is 42.5 Å². The van der Waals surface area contributed by atoms with Gasteiger partial charge in [-0.2, -0.15) is 4.37 Å². The molecule has 16 heteroatoms. The summed E-state index contributed by atoms with van der Waals surface area (Å²) in [6.07, 6.45) is 0.00985. The molecule has 5 rings (SSSR count). The second kappa shape index (κ2) is 13.4. The van der Waals surface area contributed by atoms with E-state index in [2.05, 4.69) is 9.36 Å². The zero-order chi connectivity index (χ0) is 32.3. The highest BCUT2D eigenvalue weighted by Crippen LogP contribution is 2.37. The maximum absolute atomic E-state index is 16.0. The van der Waals surface area contributed by atoms with E-state index in [1.165, 1.54) is 19.1 Å². The molecule has 45 heavy (non-hydrogen) atoms. The number of aromatic nitrogens is 2. The lowest BCUT2D eigenvalue weighted by Crippen LogP contribution is -2.31. The molecule has 0 radical (unpaired) electrons. The number of carbonyl (C=O) groups is 1. The minimum absolute atomic E-state index is 0.0687. The summed E-state index contributed by atoms with van der Waals surface area (Å²) in [6.45, 7) is -0.353. The molecule has 0 bridgehead atoms. The van der Waals surface area contributed by atoms with E-state index in [-0.39, 0.29) is 37.3 Å². The van der Waals surface area contributed by atoms with E-state index < -0.39 is 44.3 Å². The van der Waals surface area contributed by atoms with Gasteiger partial charge in [0.15, 0.2) is 11.6 Å². The van der Waals surface area contributed by atoms with Gasteiger partial charge in [0, 0.05) is 59.2 Å². The van der Waals surface area contributed by atoms with Crippen molar-refractivity contribution in [2.45, 2.75) is 17.4 Å². The van der Waals surface area contributed by atoms with Crippen LogP contribution in [0.3, 0.4) is 0 Å². The molecule has 2 atom stereocenters. The average Bonchev–Trinajstić information content (AvgIpc) is 3.71. The zero-order valence-corrected chi connectivity index (χ0v) is 26.3. The van der Waals surface area contributed by atoms with Crippen molar-refractivity contribution in [2.24, 2.45) is 5.92 Å². The molecule has 2 heterocycles. The quantitative estimate of drug-likeness (QED) is 0.213. The number of benzene rings is 3. The van der Waals surface area contributed by atoms with Crippen LogP contribution >= 0.6 is 23.1 Å². The Balaban J connectivity index is 1.46.